The van der Waals surface area contributed by atoms with Crippen LogP contribution in [0.25, 0.3) is 11.5 Å². The van der Waals surface area contributed by atoms with E-state index >= 15 is 0 Å². The number of benzene rings is 2. The number of esters is 1. The Kier molecular flexibility index (Phi) is 5.87. The molecule has 0 N–H and O–H groups in total. The Bertz CT molecular complexity index is 1210. The molecule has 1 heterocycles. The fourth-order valence-corrected chi connectivity index (χ4v) is 3.42. The van der Waals surface area contributed by atoms with Crippen LogP contribution in [0.3, 0.4) is 0 Å². The Balaban J connectivity index is 1.62. The van der Waals surface area contributed by atoms with Gasteiger partial charge in [0.2, 0.25) is 11.8 Å². The van der Waals surface area contributed by atoms with Gasteiger partial charge in [0, 0.05) is 23.7 Å². The van der Waals surface area contributed by atoms with Crippen molar-refractivity contribution >= 4 is 29.2 Å². The fourth-order valence-electron chi connectivity index (χ4n) is 3.20. The molecule has 0 atom stereocenters. The molecule has 0 unspecified atom stereocenters. The van der Waals surface area contributed by atoms with Crippen LogP contribution in [-0.4, -0.2) is 45.0 Å². The zero-order chi connectivity index (χ0) is 22.8. The molecular weight excluding hydrogens is 440 g/mol. The van der Waals surface area contributed by atoms with Crippen molar-refractivity contribution in [3.63, 3.8) is 0 Å². The number of ether oxygens (including phenoxy) is 1. The van der Waals surface area contributed by atoms with Crippen LogP contribution in [0.2, 0.25) is 5.02 Å². The van der Waals surface area contributed by atoms with E-state index in [-0.39, 0.29) is 41.2 Å². The monoisotopic (exact) mass is 456 g/mol. The van der Waals surface area contributed by atoms with E-state index in [0.717, 1.165) is 32.1 Å². The Hall–Kier alpha value is -3.79. The lowest BCUT2D eigenvalue weighted by atomic mass is 10.1. The van der Waals surface area contributed by atoms with Crippen LogP contribution >= 0.6 is 11.6 Å². The van der Waals surface area contributed by atoms with Crippen LogP contribution < -0.4 is 0 Å². The first-order valence-electron chi connectivity index (χ1n) is 9.63. The minimum absolute atomic E-state index is 0.00246. The van der Waals surface area contributed by atoms with Crippen molar-refractivity contribution < 1.29 is 23.7 Å². The van der Waals surface area contributed by atoms with Gasteiger partial charge >= 0.3 is 5.97 Å². The highest BCUT2D eigenvalue weighted by atomic mass is 35.5. The summed E-state index contributed by atoms with van der Waals surface area (Å²) in [5, 5.41) is 19.8. The number of halogens is 1. The Morgan fingerprint density at radius 3 is 2.59 bits per heavy atom. The van der Waals surface area contributed by atoms with Gasteiger partial charge in [0.15, 0.2) is 0 Å². The predicted octanol–water partition coefficient (Wildman–Crippen LogP) is 3.89. The standard InChI is InChI=1S/C21H17ClN4O6/c1-31-21(28)13-8-12(9-15(10-13)26(29)30)20(27)25(14-6-7-14)11-18-23-24-19(32-18)16-4-2-3-5-17(16)22/h2-5,8-10,14H,6-7,11H2,1H3. The second kappa shape index (κ2) is 8.75. The van der Waals surface area contributed by atoms with Crippen LogP contribution in [-0.2, 0) is 11.3 Å². The molecule has 1 aromatic heterocycles. The number of amides is 1. The molecule has 1 aliphatic carbocycles. The van der Waals surface area contributed by atoms with Gasteiger partial charge in [-0.15, -0.1) is 10.2 Å². The summed E-state index contributed by atoms with van der Waals surface area (Å²) in [6.45, 7) is 0.0111. The predicted molar refractivity (Wildman–Crippen MR) is 112 cm³/mol. The van der Waals surface area contributed by atoms with E-state index in [2.05, 4.69) is 14.9 Å². The third-order valence-electron chi connectivity index (χ3n) is 4.92. The highest BCUT2D eigenvalue weighted by Crippen LogP contribution is 2.32. The molecule has 1 saturated carbocycles. The summed E-state index contributed by atoms with van der Waals surface area (Å²) in [7, 11) is 1.16. The van der Waals surface area contributed by atoms with Gasteiger partial charge in [0.05, 0.1) is 34.7 Å². The maximum atomic E-state index is 13.2. The van der Waals surface area contributed by atoms with Crippen molar-refractivity contribution in [3.8, 4) is 11.5 Å². The summed E-state index contributed by atoms with van der Waals surface area (Å²) < 4.78 is 10.3. The number of carbonyl (C=O) groups excluding carboxylic acids is 2. The topological polar surface area (TPSA) is 129 Å². The average Bonchev–Trinajstić information content (AvgIpc) is 3.54. The SMILES string of the molecule is COC(=O)c1cc(C(=O)N(Cc2nnc(-c3ccccc3Cl)o2)C2CC2)cc([N+](=O)[O-])c1. The van der Waals surface area contributed by atoms with E-state index in [9.17, 15) is 19.7 Å². The van der Waals surface area contributed by atoms with Crippen LogP contribution in [0.4, 0.5) is 5.69 Å². The Morgan fingerprint density at radius 2 is 1.94 bits per heavy atom. The Labute approximate surface area is 186 Å². The first kappa shape index (κ1) is 21.4. The van der Waals surface area contributed by atoms with Crippen molar-refractivity contribution in [1.82, 2.24) is 15.1 Å². The number of methoxy groups -OCH3 is 1. The summed E-state index contributed by atoms with van der Waals surface area (Å²) >= 11 is 6.17. The van der Waals surface area contributed by atoms with Crippen LogP contribution in [0, 0.1) is 10.1 Å². The van der Waals surface area contributed by atoms with Gasteiger partial charge in [-0.2, -0.15) is 0 Å². The van der Waals surface area contributed by atoms with E-state index in [1.165, 1.54) is 11.0 Å². The highest BCUT2D eigenvalue weighted by molar-refractivity contribution is 6.33. The molecule has 0 bridgehead atoms. The summed E-state index contributed by atoms with van der Waals surface area (Å²) in [5.74, 6) is -0.850. The maximum Gasteiger partial charge on any atom is 0.338 e. The highest BCUT2D eigenvalue weighted by Gasteiger charge is 2.35. The van der Waals surface area contributed by atoms with Crippen LogP contribution in [0.1, 0.15) is 39.4 Å². The van der Waals surface area contributed by atoms with Crippen LogP contribution in [0.15, 0.2) is 46.9 Å². The second-order valence-electron chi connectivity index (χ2n) is 7.16. The minimum atomic E-state index is -0.776. The summed E-state index contributed by atoms with van der Waals surface area (Å²) in [6, 6.07) is 10.4. The molecule has 32 heavy (non-hydrogen) atoms. The van der Waals surface area contributed by atoms with E-state index in [0.29, 0.717) is 10.6 Å². The first-order chi connectivity index (χ1) is 15.4. The summed E-state index contributed by atoms with van der Waals surface area (Å²) in [6.07, 6.45) is 1.55. The Morgan fingerprint density at radius 1 is 1.22 bits per heavy atom. The van der Waals surface area contributed by atoms with E-state index in [1.807, 2.05) is 0 Å². The quantitative estimate of drug-likeness (QED) is 0.297. The number of non-ortho nitro benzene ring substituents is 1. The lowest BCUT2D eigenvalue weighted by Crippen LogP contribution is -2.33. The number of nitro benzene ring substituents is 1. The molecule has 0 aliphatic heterocycles. The zero-order valence-corrected chi connectivity index (χ0v) is 17.6. The minimum Gasteiger partial charge on any atom is -0.465 e. The van der Waals surface area contributed by atoms with Gasteiger partial charge < -0.3 is 14.1 Å². The summed E-state index contributed by atoms with van der Waals surface area (Å²) in [5.41, 5.74) is 0.0985. The van der Waals surface area contributed by atoms with Gasteiger partial charge in [-0.05, 0) is 31.0 Å². The second-order valence-corrected chi connectivity index (χ2v) is 7.57. The molecule has 4 rings (SSSR count). The van der Waals surface area contributed by atoms with Crippen molar-refractivity contribution in [2.24, 2.45) is 0 Å². The molecule has 2 aromatic carbocycles. The number of nitrogens with zero attached hydrogens (tertiary/aromatic N) is 4. The summed E-state index contributed by atoms with van der Waals surface area (Å²) in [4.78, 5) is 37.3. The van der Waals surface area contributed by atoms with Gasteiger partial charge in [-0.25, -0.2) is 4.79 Å². The lowest BCUT2D eigenvalue weighted by molar-refractivity contribution is -0.384. The van der Waals surface area contributed by atoms with Crippen molar-refractivity contribution in [3.05, 3.63) is 74.6 Å². The van der Waals surface area contributed by atoms with Gasteiger partial charge in [0.1, 0.15) is 0 Å². The first-order valence-corrected chi connectivity index (χ1v) is 10.0. The lowest BCUT2D eigenvalue weighted by Gasteiger charge is -2.20. The number of carbonyl (C=O) groups is 2. The molecule has 1 aliphatic rings. The number of rotatable bonds is 7. The smallest absolute Gasteiger partial charge is 0.338 e. The molecule has 11 heteroatoms. The third kappa shape index (κ3) is 4.45. The molecule has 10 nitrogen and oxygen atoms in total. The van der Waals surface area contributed by atoms with Crippen molar-refractivity contribution in [2.45, 2.75) is 25.4 Å². The normalized spacial score (nSPS) is 12.9. The molecule has 3 aromatic rings. The van der Waals surface area contributed by atoms with Gasteiger partial charge in [0.25, 0.3) is 11.6 Å². The molecular formula is C21H17ClN4O6. The number of aromatic nitrogens is 2. The average molecular weight is 457 g/mol. The van der Waals surface area contributed by atoms with Crippen LogP contribution in [0.5, 0.6) is 0 Å². The van der Waals surface area contributed by atoms with Crippen molar-refractivity contribution in [2.75, 3.05) is 7.11 Å². The number of hydrogen-bond donors (Lipinski definition) is 0. The van der Waals surface area contributed by atoms with Gasteiger partial charge in [-0.1, -0.05) is 23.7 Å². The van der Waals surface area contributed by atoms with E-state index < -0.39 is 16.8 Å². The fraction of sp³-hybridized carbons (Fsp3) is 0.238. The van der Waals surface area contributed by atoms with E-state index in [4.69, 9.17) is 16.0 Å². The van der Waals surface area contributed by atoms with E-state index in [1.54, 1.807) is 24.3 Å². The molecule has 1 fully saturated rings. The van der Waals surface area contributed by atoms with Crippen molar-refractivity contribution in [1.29, 1.82) is 0 Å². The maximum absolute atomic E-state index is 13.2. The molecule has 0 spiro atoms. The number of hydrogen-bond acceptors (Lipinski definition) is 8. The number of nitro groups is 1. The molecule has 1 amide bonds. The molecule has 0 radical (unpaired) electrons. The van der Waals surface area contributed by atoms with Gasteiger partial charge in [-0.3, -0.25) is 14.9 Å². The zero-order valence-electron chi connectivity index (χ0n) is 16.9. The largest absolute Gasteiger partial charge is 0.465 e. The molecule has 164 valence electrons. The molecule has 0 saturated heterocycles. The third-order valence-corrected chi connectivity index (χ3v) is 5.25.